The van der Waals surface area contributed by atoms with Gasteiger partial charge in [-0.2, -0.15) is 0 Å². The number of amides is 2. The third-order valence-corrected chi connectivity index (χ3v) is 3.92. The smallest absolute Gasteiger partial charge is 0.237 e. The molecule has 2 rings (SSSR count). The molecule has 2 amide bonds. The van der Waals surface area contributed by atoms with Crippen LogP contribution in [0, 0.1) is 17.3 Å². The van der Waals surface area contributed by atoms with Crippen molar-refractivity contribution in [2.75, 3.05) is 4.90 Å². The summed E-state index contributed by atoms with van der Waals surface area (Å²) in [6.07, 6.45) is 1.31. The average molecular weight is 287 g/mol. The van der Waals surface area contributed by atoms with Crippen LogP contribution in [0.4, 0.5) is 5.69 Å². The summed E-state index contributed by atoms with van der Waals surface area (Å²) in [6, 6.07) is 7.81. The Morgan fingerprint density at radius 3 is 2.14 bits per heavy atom. The number of hydrogen-bond donors (Lipinski definition) is 0. The molecule has 0 spiro atoms. The van der Waals surface area contributed by atoms with Crippen LogP contribution in [-0.2, 0) is 16.0 Å². The summed E-state index contributed by atoms with van der Waals surface area (Å²) in [5.74, 6) is -0.112. The molecular formula is C18H25NO2. The summed E-state index contributed by atoms with van der Waals surface area (Å²) < 4.78 is 0. The minimum Gasteiger partial charge on any atom is -0.274 e. The van der Waals surface area contributed by atoms with Gasteiger partial charge in [0.1, 0.15) is 0 Å². The zero-order valence-corrected chi connectivity index (χ0v) is 13.6. The third-order valence-electron chi connectivity index (χ3n) is 3.92. The summed E-state index contributed by atoms with van der Waals surface area (Å²) in [6.45, 7) is 10.6. The van der Waals surface area contributed by atoms with Crippen LogP contribution in [0.1, 0.15) is 46.6 Å². The third kappa shape index (κ3) is 3.52. The highest BCUT2D eigenvalue weighted by molar-refractivity contribution is 6.20. The summed E-state index contributed by atoms with van der Waals surface area (Å²) >= 11 is 0. The summed E-state index contributed by atoms with van der Waals surface area (Å²) in [4.78, 5) is 25.8. The number of imide groups is 1. The molecule has 21 heavy (non-hydrogen) atoms. The van der Waals surface area contributed by atoms with E-state index in [-0.39, 0.29) is 29.1 Å². The molecule has 0 saturated carbocycles. The van der Waals surface area contributed by atoms with Crippen molar-refractivity contribution in [2.24, 2.45) is 17.3 Å². The van der Waals surface area contributed by atoms with Crippen LogP contribution < -0.4 is 4.90 Å². The zero-order chi connectivity index (χ0) is 15.8. The summed E-state index contributed by atoms with van der Waals surface area (Å²) in [5, 5.41) is 0. The molecule has 0 radical (unpaired) electrons. The molecule has 0 bridgehead atoms. The number of carbonyl (C=O) groups is 2. The fraction of sp³-hybridized carbons (Fsp3) is 0.556. The first-order valence-corrected chi connectivity index (χ1v) is 7.65. The lowest BCUT2D eigenvalue weighted by atomic mass is 9.88. The van der Waals surface area contributed by atoms with Gasteiger partial charge in [0.05, 0.1) is 11.6 Å². The SMILES string of the molecule is CC(C)C1CC(=O)N(c2ccc(CC(C)(C)C)cc2)C1=O. The lowest BCUT2D eigenvalue weighted by molar-refractivity contribution is -0.122. The standard InChI is InChI=1S/C18H25NO2/c1-12(2)15-10-16(20)19(17(15)21)14-8-6-13(7-9-14)11-18(3,4)5/h6-9,12,15H,10-11H2,1-5H3. The average Bonchev–Trinajstić information content (AvgIpc) is 2.64. The van der Waals surface area contributed by atoms with Gasteiger partial charge in [0.25, 0.3) is 0 Å². The maximum Gasteiger partial charge on any atom is 0.237 e. The van der Waals surface area contributed by atoms with Crippen LogP contribution in [0.5, 0.6) is 0 Å². The topological polar surface area (TPSA) is 37.4 Å². The predicted molar refractivity (Wildman–Crippen MR) is 85.0 cm³/mol. The Morgan fingerprint density at radius 2 is 1.71 bits per heavy atom. The van der Waals surface area contributed by atoms with Gasteiger partial charge in [-0.05, 0) is 35.4 Å². The van der Waals surface area contributed by atoms with Crippen molar-refractivity contribution in [3.05, 3.63) is 29.8 Å². The fourth-order valence-corrected chi connectivity index (χ4v) is 2.82. The van der Waals surface area contributed by atoms with E-state index in [2.05, 4.69) is 20.8 Å². The normalized spacial score (nSPS) is 19.7. The van der Waals surface area contributed by atoms with E-state index in [9.17, 15) is 9.59 Å². The van der Waals surface area contributed by atoms with E-state index < -0.39 is 0 Å². The number of carbonyl (C=O) groups excluding carboxylic acids is 2. The number of benzene rings is 1. The van der Waals surface area contributed by atoms with Crippen molar-refractivity contribution in [1.82, 2.24) is 0 Å². The highest BCUT2D eigenvalue weighted by Gasteiger charge is 2.40. The first-order chi connectivity index (χ1) is 9.69. The maximum absolute atomic E-state index is 12.4. The van der Waals surface area contributed by atoms with Gasteiger partial charge in [0, 0.05) is 6.42 Å². The highest BCUT2D eigenvalue weighted by atomic mass is 16.2. The summed E-state index contributed by atoms with van der Waals surface area (Å²) in [7, 11) is 0. The molecule has 1 aromatic carbocycles. The van der Waals surface area contributed by atoms with Crippen LogP contribution in [0.3, 0.4) is 0 Å². The first-order valence-electron chi connectivity index (χ1n) is 7.65. The van der Waals surface area contributed by atoms with E-state index in [1.807, 2.05) is 38.1 Å². The zero-order valence-electron chi connectivity index (χ0n) is 13.6. The van der Waals surface area contributed by atoms with Gasteiger partial charge in [0.2, 0.25) is 11.8 Å². The van der Waals surface area contributed by atoms with Crippen molar-refractivity contribution in [3.63, 3.8) is 0 Å². The van der Waals surface area contributed by atoms with Crippen molar-refractivity contribution >= 4 is 17.5 Å². The Bertz CT molecular complexity index is 537. The Morgan fingerprint density at radius 1 is 1.14 bits per heavy atom. The van der Waals surface area contributed by atoms with Gasteiger partial charge in [0.15, 0.2) is 0 Å². The molecule has 3 nitrogen and oxygen atoms in total. The first kappa shape index (κ1) is 15.7. The molecule has 3 heteroatoms. The number of anilines is 1. The molecule has 1 aromatic rings. The van der Waals surface area contributed by atoms with Crippen LogP contribution in [0.2, 0.25) is 0 Å². The quantitative estimate of drug-likeness (QED) is 0.793. The van der Waals surface area contributed by atoms with E-state index in [0.717, 1.165) is 6.42 Å². The highest BCUT2D eigenvalue weighted by Crippen LogP contribution is 2.31. The molecule has 0 aliphatic carbocycles. The molecule has 1 heterocycles. The monoisotopic (exact) mass is 287 g/mol. The van der Waals surface area contributed by atoms with E-state index in [1.165, 1.54) is 10.5 Å². The Hall–Kier alpha value is -1.64. The van der Waals surface area contributed by atoms with Crippen LogP contribution in [-0.4, -0.2) is 11.8 Å². The molecular weight excluding hydrogens is 262 g/mol. The minimum absolute atomic E-state index is 0.0569. The maximum atomic E-state index is 12.4. The van der Waals surface area contributed by atoms with E-state index >= 15 is 0 Å². The van der Waals surface area contributed by atoms with Gasteiger partial charge >= 0.3 is 0 Å². The molecule has 1 unspecified atom stereocenters. The number of hydrogen-bond acceptors (Lipinski definition) is 2. The molecule has 0 N–H and O–H groups in total. The largest absolute Gasteiger partial charge is 0.274 e. The van der Waals surface area contributed by atoms with Gasteiger partial charge in [-0.15, -0.1) is 0 Å². The Kier molecular flexibility index (Phi) is 4.22. The van der Waals surface area contributed by atoms with Crippen LogP contribution >= 0.6 is 0 Å². The second-order valence-corrected chi connectivity index (χ2v) is 7.53. The molecule has 1 saturated heterocycles. The van der Waals surface area contributed by atoms with Crippen LogP contribution in [0.25, 0.3) is 0 Å². The lowest BCUT2D eigenvalue weighted by Gasteiger charge is -2.20. The van der Waals surface area contributed by atoms with Crippen molar-refractivity contribution in [3.8, 4) is 0 Å². The van der Waals surface area contributed by atoms with Crippen LogP contribution in [0.15, 0.2) is 24.3 Å². The molecule has 1 fully saturated rings. The fourth-order valence-electron chi connectivity index (χ4n) is 2.82. The Balaban J connectivity index is 2.19. The van der Waals surface area contributed by atoms with Crippen molar-refractivity contribution in [2.45, 2.75) is 47.5 Å². The Labute approximate surface area is 127 Å². The lowest BCUT2D eigenvalue weighted by Crippen LogP contribution is -2.31. The van der Waals surface area contributed by atoms with E-state index in [4.69, 9.17) is 0 Å². The second-order valence-electron chi connectivity index (χ2n) is 7.53. The van der Waals surface area contributed by atoms with Crippen molar-refractivity contribution < 1.29 is 9.59 Å². The van der Waals surface area contributed by atoms with Gasteiger partial charge in [-0.3, -0.25) is 14.5 Å². The summed E-state index contributed by atoms with van der Waals surface area (Å²) in [5.41, 5.74) is 2.15. The molecule has 1 atom stereocenters. The number of rotatable bonds is 3. The minimum atomic E-state index is -0.174. The number of nitrogens with zero attached hydrogens (tertiary/aromatic N) is 1. The van der Waals surface area contributed by atoms with E-state index in [1.54, 1.807) is 0 Å². The van der Waals surface area contributed by atoms with E-state index in [0.29, 0.717) is 12.1 Å². The van der Waals surface area contributed by atoms with Crippen molar-refractivity contribution in [1.29, 1.82) is 0 Å². The van der Waals surface area contributed by atoms with Gasteiger partial charge in [-0.1, -0.05) is 46.8 Å². The van der Waals surface area contributed by atoms with Gasteiger partial charge in [-0.25, -0.2) is 0 Å². The predicted octanol–water partition coefficient (Wildman–Crippen LogP) is 3.81. The van der Waals surface area contributed by atoms with Gasteiger partial charge < -0.3 is 0 Å². The molecule has 1 aliphatic heterocycles. The molecule has 1 aliphatic rings. The second kappa shape index (κ2) is 5.63. The molecule has 114 valence electrons. The molecule has 0 aromatic heterocycles.